The summed E-state index contributed by atoms with van der Waals surface area (Å²) >= 11 is 0. The molecule has 1 fully saturated rings. The van der Waals surface area contributed by atoms with Crippen molar-refractivity contribution in [2.45, 2.75) is 40.2 Å². The molecule has 0 unspecified atom stereocenters. The molecule has 1 saturated heterocycles. The summed E-state index contributed by atoms with van der Waals surface area (Å²) in [4.78, 5) is 11.5. The highest BCUT2D eigenvalue weighted by Crippen LogP contribution is 2.18. The molecule has 2 rings (SSSR count). The average molecular weight is 431 g/mol. The molecule has 1 aliphatic rings. The minimum Gasteiger partial charge on any atom is -0.357 e. The van der Waals surface area contributed by atoms with E-state index in [4.69, 9.17) is 0 Å². The monoisotopic (exact) mass is 431 g/mol. The Hall–Kier alpha value is -1.05. The maximum atomic E-state index is 4.67. The van der Waals surface area contributed by atoms with Gasteiger partial charge >= 0.3 is 0 Å². The molecule has 1 aromatic heterocycles. The number of hydrogen-bond acceptors (Lipinski definition) is 3. The summed E-state index contributed by atoms with van der Waals surface area (Å²) in [6.45, 7) is 11.2. The van der Waals surface area contributed by atoms with E-state index in [1.54, 1.807) is 0 Å². The Morgan fingerprint density at radius 1 is 1.30 bits per heavy atom. The van der Waals surface area contributed by atoms with Crippen LogP contribution in [0.4, 0.5) is 5.82 Å². The van der Waals surface area contributed by atoms with E-state index in [1.165, 1.54) is 18.4 Å². The fourth-order valence-electron chi connectivity index (χ4n) is 2.49. The van der Waals surface area contributed by atoms with Crippen molar-refractivity contribution in [1.29, 1.82) is 0 Å². The first kappa shape index (κ1) is 20.0. The highest BCUT2D eigenvalue weighted by atomic mass is 127. The minimum atomic E-state index is 0. The second kappa shape index (κ2) is 10.7. The number of hydrogen-bond donors (Lipinski definition) is 2. The fourth-order valence-corrected chi connectivity index (χ4v) is 2.49. The van der Waals surface area contributed by atoms with Crippen molar-refractivity contribution in [2.24, 2.45) is 10.9 Å². The van der Waals surface area contributed by atoms with Gasteiger partial charge in [-0.1, -0.05) is 13.8 Å². The lowest BCUT2D eigenvalue weighted by Gasteiger charge is -2.17. The predicted octanol–water partition coefficient (Wildman–Crippen LogP) is 3.01. The standard InChI is InChI=1S/C17H29N5.HI/c1-4-18-17(20-12-14(2)3)21-13-15-7-8-19-16(11-15)22-9-5-6-10-22;/h7-8,11,14H,4-6,9-10,12-13H2,1-3H3,(H2,18,20,21);1H. The summed E-state index contributed by atoms with van der Waals surface area (Å²) in [5, 5.41) is 6.66. The number of guanidine groups is 1. The molecule has 0 spiro atoms. The zero-order valence-electron chi connectivity index (χ0n) is 14.5. The summed E-state index contributed by atoms with van der Waals surface area (Å²) < 4.78 is 0. The van der Waals surface area contributed by atoms with Crippen LogP contribution in [0.1, 0.15) is 39.2 Å². The van der Waals surface area contributed by atoms with E-state index in [2.05, 4.69) is 58.4 Å². The SMILES string of the molecule is CCNC(=NCc1ccnc(N2CCCC2)c1)NCC(C)C.I. The van der Waals surface area contributed by atoms with Gasteiger partial charge in [0.25, 0.3) is 0 Å². The highest BCUT2D eigenvalue weighted by Gasteiger charge is 2.13. The number of anilines is 1. The Bertz CT molecular complexity index is 484. The van der Waals surface area contributed by atoms with Crippen LogP contribution in [0.25, 0.3) is 0 Å². The second-order valence-corrected chi connectivity index (χ2v) is 6.19. The molecule has 23 heavy (non-hydrogen) atoms. The van der Waals surface area contributed by atoms with Crippen molar-refractivity contribution in [2.75, 3.05) is 31.1 Å². The third-order valence-electron chi connectivity index (χ3n) is 3.68. The molecule has 130 valence electrons. The lowest BCUT2D eigenvalue weighted by atomic mass is 10.2. The molecule has 0 aliphatic carbocycles. The van der Waals surface area contributed by atoms with Gasteiger partial charge in [0.2, 0.25) is 0 Å². The number of aromatic nitrogens is 1. The van der Waals surface area contributed by atoms with E-state index < -0.39 is 0 Å². The molecule has 0 amide bonds. The van der Waals surface area contributed by atoms with Crippen LogP contribution < -0.4 is 15.5 Å². The molecule has 6 heteroatoms. The largest absolute Gasteiger partial charge is 0.357 e. The van der Waals surface area contributed by atoms with Gasteiger partial charge in [0.15, 0.2) is 5.96 Å². The maximum Gasteiger partial charge on any atom is 0.191 e. The Morgan fingerprint density at radius 3 is 2.70 bits per heavy atom. The van der Waals surface area contributed by atoms with Crippen LogP contribution in [-0.2, 0) is 6.54 Å². The van der Waals surface area contributed by atoms with Gasteiger partial charge < -0.3 is 15.5 Å². The Morgan fingerprint density at radius 2 is 2.04 bits per heavy atom. The number of rotatable bonds is 6. The Kier molecular flexibility index (Phi) is 9.28. The maximum absolute atomic E-state index is 4.67. The third-order valence-corrected chi connectivity index (χ3v) is 3.68. The molecule has 1 aliphatic heterocycles. The van der Waals surface area contributed by atoms with Gasteiger partial charge in [0.1, 0.15) is 5.82 Å². The van der Waals surface area contributed by atoms with Gasteiger partial charge in [-0.2, -0.15) is 0 Å². The average Bonchev–Trinajstić information content (AvgIpc) is 3.04. The van der Waals surface area contributed by atoms with E-state index in [0.717, 1.165) is 38.0 Å². The number of nitrogens with one attached hydrogen (secondary N) is 2. The van der Waals surface area contributed by atoms with Gasteiger partial charge in [-0.15, -0.1) is 24.0 Å². The first-order valence-electron chi connectivity index (χ1n) is 8.41. The molecule has 5 nitrogen and oxygen atoms in total. The third kappa shape index (κ3) is 6.93. The Balaban J connectivity index is 0.00000264. The number of halogens is 1. The molecule has 0 radical (unpaired) electrons. The van der Waals surface area contributed by atoms with Crippen LogP contribution in [0.2, 0.25) is 0 Å². The van der Waals surface area contributed by atoms with Gasteiger partial charge in [-0.05, 0) is 43.4 Å². The smallest absolute Gasteiger partial charge is 0.191 e. The molecule has 0 bridgehead atoms. The van der Waals surface area contributed by atoms with Gasteiger partial charge in [-0.25, -0.2) is 9.98 Å². The zero-order chi connectivity index (χ0) is 15.8. The predicted molar refractivity (Wildman–Crippen MR) is 109 cm³/mol. The highest BCUT2D eigenvalue weighted by molar-refractivity contribution is 14.0. The number of nitrogens with zero attached hydrogens (tertiary/aromatic N) is 3. The molecular weight excluding hydrogens is 401 g/mol. The van der Waals surface area contributed by atoms with E-state index in [-0.39, 0.29) is 24.0 Å². The fraction of sp³-hybridized carbons (Fsp3) is 0.647. The molecule has 2 heterocycles. The normalized spacial score (nSPS) is 14.8. The molecule has 0 atom stereocenters. The summed E-state index contributed by atoms with van der Waals surface area (Å²) in [5.41, 5.74) is 1.21. The van der Waals surface area contributed by atoms with Gasteiger partial charge in [-0.3, -0.25) is 0 Å². The molecular formula is C17H30IN5. The molecule has 2 N–H and O–H groups in total. The van der Waals surface area contributed by atoms with Crippen molar-refractivity contribution in [1.82, 2.24) is 15.6 Å². The van der Waals surface area contributed by atoms with Crippen LogP contribution >= 0.6 is 24.0 Å². The van der Waals surface area contributed by atoms with Crippen LogP contribution in [0, 0.1) is 5.92 Å². The summed E-state index contributed by atoms with van der Waals surface area (Å²) in [6, 6.07) is 4.22. The van der Waals surface area contributed by atoms with Crippen LogP contribution in [0.15, 0.2) is 23.3 Å². The summed E-state index contributed by atoms with van der Waals surface area (Å²) in [7, 11) is 0. The molecule has 0 aromatic carbocycles. The summed E-state index contributed by atoms with van der Waals surface area (Å²) in [6.07, 6.45) is 4.44. The zero-order valence-corrected chi connectivity index (χ0v) is 16.8. The second-order valence-electron chi connectivity index (χ2n) is 6.19. The van der Waals surface area contributed by atoms with Crippen LogP contribution in [0.5, 0.6) is 0 Å². The van der Waals surface area contributed by atoms with E-state index >= 15 is 0 Å². The lowest BCUT2D eigenvalue weighted by Crippen LogP contribution is -2.39. The van der Waals surface area contributed by atoms with Gasteiger partial charge in [0, 0.05) is 32.4 Å². The van der Waals surface area contributed by atoms with Crippen molar-refractivity contribution in [3.8, 4) is 0 Å². The quantitative estimate of drug-likeness (QED) is 0.413. The Labute approximate surface area is 157 Å². The number of aliphatic imine (C=N–C) groups is 1. The number of pyridine rings is 1. The minimum absolute atomic E-state index is 0. The first-order valence-corrected chi connectivity index (χ1v) is 8.41. The lowest BCUT2D eigenvalue weighted by molar-refractivity contribution is 0.615. The molecule has 1 aromatic rings. The van der Waals surface area contributed by atoms with Crippen LogP contribution in [-0.4, -0.2) is 37.1 Å². The van der Waals surface area contributed by atoms with Crippen molar-refractivity contribution in [3.63, 3.8) is 0 Å². The van der Waals surface area contributed by atoms with E-state index in [9.17, 15) is 0 Å². The van der Waals surface area contributed by atoms with E-state index in [1.807, 2.05) is 6.20 Å². The van der Waals surface area contributed by atoms with E-state index in [0.29, 0.717) is 12.5 Å². The molecule has 0 saturated carbocycles. The van der Waals surface area contributed by atoms with Gasteiger partial charge in [0.05, 0.1) is 6.54 Å². The van der Waals surface area contributed by atoms with Crippen molar-refractivity contribution >= 4 is 35.8 Å². The first-order chi connectivity index (χ1) is 10.7. The van der Waals surface area contributed by atoms with Crippen molar-refractivity contribution in [3.05, 3.63) is 23.9 Å². The van der Waals surface area contributed by atoms with Crippen LogP contribution in [0.3, 0.4) is 0 Å². The van der Waals surface area contributed by atoms with Crippen molar-refractivity contribution < 1.29 is 0 Å². The summed E-state index contributed by atoms with van der Waals surface area (Å²) in [5.74, 6) is 2.58. The topological polar surface area (TPSA) is 52.6 Å².